The second-order valence-corrected chi connectivity index (χ2v) is 5.21. The van der Waals surface area contributed by atoms with Crippen molar-refractivity contribution in [2.75, 3.05) is 6.61 Å². The highest BCUT2D eigenvalue weighted by Gasteiger charge is 2.15. The molecule has 19 heavy (non-hydrogen) atoms. The summed E-state index contributed by atoms with van der Waals surface area (Å²) in [5.41, 5.74) is 0.827. The number of aliphatic hydroxyl groups excluding tert-OH is 1. The zero-order chi connectivity index (χ0) is 14.0. The molecule has 0 aliphatic heterocycles. The fourth-order valence-corrected chi connectivity index (χ4v) is 2.25. The number of hydrogen-bond acceptors (Lipinski definition) is 2. The van der Waals surface area contributed by atoms with Crippen molar-refractivity contribution in [1.82, 2.24) is 10.3 Å². The third-order valence-corrected chi connectivity index (χ3v) is 3.40. The van der Waals surface area contributed by atoms with Gasteiger partial charge in [-0.3, -0.25) is 4.79 Å². The SMILES string of the molecule is CCC(CO)NC(=O)c1cc2c(F)cc(Br)cc2[nH]1. The maximum absolute atomic E-state index is 13.7. The molecular formula is C13H14BrFN2O2. The summed E-state index contributed by atoms with van der Waals surface area (Å²) in [5.74, 6) is -0.749. The molecule has 4 nitrogen and oxygen atoms in total. The van der Waals surface area contributed by atoms with Crippen molar-refractivity contribution in [3.05, 3.63) is 34.2 Å². The van der Waals surface area contributed by atoms with E-state index in [1.165, 1.54) is 12.1 Å². The van der Waals surface area contributed by atoms with Crippen LogP contribution in [0.2, 0.25) is 0 Å². The predicted octanol–water partition coefficient (Wildman–Crippen LogP) is 2.57. The number of carbonyl (C=O) groups excluding carboxylic acids is 1. The highest BCUT2D eigenvalue weighted by Crippen LogP contribution is 2.23. The predicted molar refractivity (Wildman–Crippen MR) is 74.6 cm³/mol. The standard InChI is InChI=1S/C13H14BrFN2O2/c1-2-8(6-18)16-13(19)12-5-9-10(15)3-7(14)4-11(9)17-12/h3-5,8,17-18H,2,6H2,1H3,(H,16,19). The second-order valence-electron chi connectivity index (χ2n) is 4.29. The molecule has 1 aromatic carbocycles. The average molecular weight is 329 g/mol. The summed E-state index contributed by atoms with van der Waals surface area (Å²) in [4.78, 5) is 14.8. The average Bonchev–Trinajstić information content (AvgIpc) is 2.79. The normalized spacial score (nSPS) is 12.6. The Bertz CT molecular complexity index is 608. The first-order valence-electron chi connectivity index (χ1n) is 5.94. The number of hydrogen-bond donors (Lipinski definition) is 3. The van der Waals surface area contributed by atoms with Gasteiger partial charge in [-0.1, -0.05) is 22.9 Å². The zero-order valence-corrected chi connectivity index (χ0v) is 11.9. The van der Waals surface area contributed by atoms with Gasteiger partial charge in [0.05, 0.1) is 18.2 Å². The van der Waals surface area contributed by atoms with Crippen LogP contribution >= 0.6 is 15.9 Å². The number of aromatic nitrogens is 1. The molecule has 1 atom stereocenters. The number of aromatic amines is 1. The molecular weight excluding hydrogens is 315 g/mol. The van der Waals surface area contributed by atoms with Crippen molar-refractivity contribution in [1.29, 1.82) is 0 Å². The molecule has 2 aromatic rings. The van der Waals surface area contributed by atoms with Crippen LogP contribution in [0.15, 0.2) is 22.7 Å². The molecule has 0 bridgehead atoms. The van der Waals surface area contributed by atoms with Crippen molar-refractivity contribution >= 4 is 32.7 Å². The van der Waals surface area contributed by atoms with Gasteiger partial charge in [0.25, 0.3) is 5.91 Å². The lowest BCUT2D eigenvalue weighted by Gasteiger charge is -2.12. The van der Waals surface area contributed by atoms with Crippen LogP contribution in [0.5, 0.6) is 0 Å². The minimum absolute atomic E-state index is 0.123. The van der Waals surface area contributed by atoms with Crippen LogP contribution in [-0.4, -0.2) is 28.6 Å². The van der Waals surface area contributed by atoms with Crippen LogP contribution in [0, 0.1) is 5.82 Å². The fourth-order valence-electron chi connectivity index (χ4n) is 1.82. The van der Waals surface area contributed by atoms with Crippen LogP contribution in [0.3, 0.4) is 0 Å². The van der Waals surface area contributed by atoms with Crippen molar-refractivity contribution in [3.63, 3.8) is 0 Å². The Morgan fingerprint density at radius 2 is 2.26 bits per heavy atom. The lowest BCUT2D eigenvalue weighted by molar-refractivity contribution is 0.0910. The molecule has 0 spiro atoms. The van der Waals surface area contributed by atoms with Gasteiger partial charge >= 0.3 is 0 Å². The number of H-pyrrole nitrogens is 1. The number of halogens is 2. The molecule has 0 radical (unpaired) electrons. The number of amides is 1. The zero-order valence-electron chi connectivity index (χ0n) is 10.3. The fraction of sp³-hybridized carbons (Fsp3) is 0.308. The molecule has 102 valence electrons. The van der Waals surface area contributed by atoms with Gasteiger partial charge in [-0.15, -0.1) is 0 Å². The molecule has 1 amide bonds. The summed E-state index contributed by atoms with van der Waals surface area (Å²) in [5, 5.41) is 12.1. The Morgan fingerprint density at radius 3 is 2.89 bits per heavy atom. The van der Waals surface area contributed by atoms with E-state index in [2.05, 4.69) is 26.2 Å². The van der Waals surface area contributed by atoms with E-state index in [9.17, 15) is 9.18 Å². The quantitative estimate of drug-likeness (QED) is 0.807. The molecule has 0 saturated carbocycles. The first-order chi connectivity index (χ1) is 9.05. The van der Waals surface area contributed by atoms with Gasteiger partial charge in [-0.2, -0.15) is 0 Å². The van der Waals surface area contributed by atoms with Gasteiger partial charge in [0, 0.05) is 9.86 Å². The Morgan fingerprint density at radius 1 is 1.53 bits per heavy atom. The third kappa shape index (κ3) is 2.96. The highest BCUT2D eigenvalue weighted by atomic mass is 79.9. The van der Waals surface area contributed by atoms with Crippen molar-refractivity contribution in [3.8, 4) is 0 Å². The van der Waals surface area contributed by atoms with E-state index in [1.807, 2.05) is 6.92 Å². The number of benzene rings is 1. The third-order valence-electron chi connectivity index (χ3n) is 2.95. The summed E-state index contributed by atoms with van der Waals surface area (Å²) in [6.07, 6.45) is 0.627. The summed E-state index contributed by atoms with van der Waals surface area (Å²) >= 11 is 3.20. The van der Waals surface area contributed by atoms with Crippen molar-refractivity contribution in [2.24, 2.45) is 0 Å². The number of fused-ring (bicyclic) bond motifs is 1. The Kier molecular flexibility index (Phi) is 4.21. The Hall–Kier alpha value is -1.40. The maximum atomic E-state index is 13.7. The Labute approximate surface area is 118 Å². The Balaban J connectivity index is 2.31. The topological polar surface area (TPSA) is 65.1 Å². The van der Waals surface area contributed by atoms with E-state index >= 15 is 0 Å². The van der Waals surface area contributed by atoms with E-state index < -0.39 is 5.82 Å². The molecule has 2 rings (SSSR count). The van der Waals surface area contributed by atoms with Gasteiger partial charge in [0.15, 0.2) is 0 Å². The van der Waals surface area contributed by atoms with E-state index in [4.69, 9.17) is 5.11 Å². The van der Waals surface area contributed by atoms with Crippen LogP contribution in [-0.2, 0) is 0 Å². The molecule has 0 fully saturated rings. The molecule has 0 aliphatic rings. The van der Waals surface area contributed by atoms with Crippen molar-refractivity contribution < 1.29 is 14.3 Å². The first kappa shape index (κ1) is 14.0. The minimum atomic E-state index is -0.395. The molecule has 3 N–H and O–H groups in total. The number of aliphatic hydroxyl groups is 1. The van der Waals surface area contributed by atoms with Gasteiger partial charge in [0.2, 0.25) is 0 Å². The molecule has 1 aromatic heterocycles. The highest BCUT2D eigenvalue weighted by molar-refractivity contribution is 9.10. The first-order valence-corrected chi connectivity index (χ1v) is 6.74. The molecule has 6 heteroatoms. The molecule has 1 heterocycles. The van der Waals surface area contributed by atoms with Crippen molar-refractivity contribution in [2.45, 2.75) is 19.4 Å². The van der Waals surface area contributed by atoms with Crippen LogP contribution in [0.4, 0.5) is 4.39 Å². The largest absolute Gasteiger partial charge is 0.394 e. The molecule has 0 saturated heterocycles. The van der Waals surface area contributed by atoms with Gasteiger partial charge in [0.1, 0.15) is 11.5 Å². The van der Waals surface area contributed by atoms with E-state index in [0.29, 0.717) is 21.8 Å². The van der Waals surface area contributed by atoms with Crippen LogP contribution in [0.25, 0.3) is 10.9 Å². The number of carbonyl (C=O) groups is 1. The summed E-state index contributed by atoms with van der Waals surface area (Å²) in [7, 11) is 0. The summed E-state index contributed by atoms with van der Waals surface area (Å²) in [6.45, 7) is 1.74. The monoisotopic (exact) mass is 328 g/mol. The van der Waals surface area contributed by atoms with Gasteiger partial charge < -0.3 is 15.4 Å². The summed E-state index contributed by atoms with van der Waals surface area (Å²) < 4.78 is 14.3. The summed E-state index contributed by atoms with van der Waals surface area (Å²) in [6, 6.07) is 4.23. The van der Waals surface area contributed by atoms with E-state index in [1.54, 1.807) is 6.07 Å². The number of rotatable bonds is 4. The smallest absolute Gasteiger partial charge is 0.268 e. The molecule has 1 unspecified atom stereocenters. The minimum Gasteiger partial charge on any atom is -0.394 e. The lowest BCUT2D eigenvalue weighted by Crippen LogP contribution is -2.37. The van der Waals surface area contributed by atoms with E-state index in [-0.39, 0.29) is 24.2 Å². The second kappa shape index (κ2) is 5.71. The van der Waals surface area contributed by atoms with Crippen LogP contribution in [0.1, 0.15) is 23.8 Å². The van der Waals surface area contributed by atoms with E-state index in [0.717, 1.165) is 0 Å². The van der Waals surface area contributed by atoms with Gasteiger partial charge in [-0.25, -0.2) is 4.39 Å². The molecule has 0 aliphatic carbocycles. The van der Waals surface area contributed by atoms with Crippen LogP contribution < -0.4 is 5.32 Å². The maximum Gasteiger partial charge on any atom is 0.268 e. The lowest BCUT2D eigenvalue weighted by atomic mass is 10.2. The number of nitrogens with one attached hydrogen (secondary N) is 2. The van der Waals surface area contributed by atoms with Gasteiger partial charge in [-0.05, 0) is 24.6 Å².